The molecule has 18 heavy (non-hydrogen) atoms. The molecule has 1 fully saturated rings. The van der Waals surface area contributed by atoms with Crippen molar-refractivity contribution >= 4 is 0 Å². The Kier molecular flexibility index (Phi) is 3.29. The highest BCUT2D eigenvalue weighted by Crippen LogP contribution is 2.29. The van der Waals surface area contributed by atoms with Gasteiger partial charge in [0, 0.05) is 17.4 Å². The van der Waals surface area contributed by atoms with E-state index in [4.69, 9.17) is 5.73 Å². The van der Waals surface area contributed by atoms with Gasteiger partial charge < -0.3 is 10.7 Å². The third kappa shape index (κ3) is 2.03. The zero-order valence-electron chi connectivity index (χ0n) is 11.0. The first-order valence-electron chi connectivity index (χ1n) is 7.35. The average Bonchev–Trinajstić information content (AvgIpc) is 2.53. The summed E-state index contributed by atoms with van der Waals surface area (Å²) in [7, 11) is 0. The lowest BCUT2D eigenvalue weighted by Gasteiger charge is -2.30. The van der Waals surface area contributed by atoms with E-state index in [-0.39, 0.29) is 17.8 Å². The Balaban J connectivity index is 2.00. The van der Waals surface area contributed by atoms with E-state index in [1.807, 2.05) is 4.57 Å². The van der Waals surface area contributed by atoms with Gasteiger partial charge in [-0.05, 0) is 38.5 Å². The molecule has 2 aliphatic carbocycles. The van der Waals surface area contributed by atoms with Crippen LogP contribution in [0.5, 0.6) is 0 Å². The van der Waals surface area contributed by atoms with E-state index in [2.05, 4.69) is 4.98 Å². The predicted molar refractivity (Wildman–Crippen MR) is 71.8 cm³/mol. The van der Waals surface area contributed by atoms with E-state index in [1.165, 1.54) is 43.5 Å². The summed E-state index contributed by atoms with van der Waals surface area (Å²) in [6, 6.07) is 0.379. The van der Waals surface area contributed by atoms with Gasteiger partial charge in [0.2, 0.25) is 0 Å². The normalized spacial score (nSPS) is 28.7. The van der Waals surface area contributed by atoms with Crippen LogP contribution in [0.15, 0.2) is 4.79 Å². The molecule has 0 spiro atoms. The van der Waals surface area contributed by atoms with E-state index in [0.29, 0.717) is 0 Å². The molecule has 0 amide bonds. The quantitative estimate of drug-likeness (QED) is 0.746. The molecular formula is C14H23N3O. The highest BCUT2D eigenvalue weighted by Gasteiger charge is 2.28. The number of rotatable bonds is 1. The topological polar surface area (TPSA) is 63.8 Å². The number of hydrogen-bond donors (Lipinski definition) is 2. The van der Waals surface area contributed by atoms with Crippen LogP contribution < -0.4 is 11.4 Å². The van der Waals surface area contributed by atoms with E-state index >= 15 is 0 Å². The number of imidazole rings is 1. The van der Waals surface area contributed by atoms with Crippen molar-refractivity contribution in [2.45, 2.75) is 69.9 Å². The van der Waals surface area contributed by atoms with Crippen molar-refractivity contribution in [3.05, 3.63) is 21.9 Å². The largest absolute Gasteiger partial charge is 0.326 e. The second-order valence-electron chi connectivity index (χ2n) is 5.80. The fourth-order valence-corrected chi connectivity index (χ4v) is 3.59. The number of fused-ring (bicyclic) bond motifs is 1. The van der Waals surface area contributed by atoms with Crippen LogP contribution in [0, 0.1) is 0 Å². The second kappa shape index (κ2) is 4.92. The molecule has 0 bridgehead atoms. The third-order valence-corrected chi connectivity index (χ3v) is 4.57. The first kappa shape index (κ1) is 12.0. The van der Waals surface area contributed by atoms with Gasteiger partial charge in [-0.15, -0.1) is 0 Å². The van der Waals surface area contributed by atoms with Gasteiger partial charge in [-0.25, -0.2) is 4.79 Å². The smallest absolute Gasteiger partial charge is 0.326 e. The van der Waals surface area contributed by atoms with Crippen molar-refractivity contribution in [1.82, 2.24) is 9.55 Å². The predicted octanol–water partition coefficient (Wildman–Crippen LogP) is 1.89. The third-order valence-electron chi connectivity index (χ3n) is 4.57. The Hall–Kier alpha value is -1.03. The van der Waals surface area contributed by atoms with Gasteiger partial charge in [0.05, 0.1) is 6.04 Å². The Morgan fingerprint density at radius 2 is 1.83 bits per heavy atom. The molecule has 1 aromatic rings. The molecule has 1 aromatic heterocycles. The number of nitrogens with two attached hydrogens (primary N) is 1. The number of aromatic nitrogens is 2. The van der Waals surface area contributed by atoms with Crippen LogP contribution in [0.1, 0.15) is 62.4 Å². The number of nitrogens with zero attached hydrogens (tertiary/aromatic N) is 1. The second-order valence-corrected chi connectivity index (χ2v) is 5.80. The molecule has 0 aliphatic heterocycles. The van der Waals surface area contributed by atoms with Crippen LogP contribution in [-0.4, -0.2) is 15.6 Å². The molecule has 4 nitrogen and oxygen atoms in total. The van der Waals surface area contributed by atoms with Crippen LogP contribution in [0.2, 0.25) is 0 Å². The van der Waals surface area contributed by atoms with Gasteiger partial charge in [-0.1, -0.05) is 19.3 Å². The number of H-pyrrole nitrogens is 1. The Bertz CT molecular complexity index is 474. The summed E-state index contributed by atoms with van der Waals surface area (Å²) >= 11 is 0. The van der Waals surface area contributed by atoms with Crippen LogP contribution >= 0.6 is 0 Å². The summed E-state index contributed by atoms with van der Waals surface area (Å²) in [5, 5.41) is 0. The molecular weight excluding hydrogens is 226 g/mol. The standard InChI is InChI=1S/C14H23N3O/c15-10-6-4-5-8-12(10)17-13-9-3-1-2-7-11(13)16-14(17)18/h10,12H,1-9,15H2,(H,16,18). The maximum absolute atomic E-state index is 12.2. The van der Waals surface area contributed by atoms with Crippen LogP contribution in [0.25, 0.3) is 0 Å². The summed E-state index contributed by atoms with van der Waals surface area (Å²) in [5.41, 5.74) is 8.74. The summed E-state index contributed by atoms with van der Waals surface area (Å²) in [6.45, 7) is 0. The van der Waals surface area contributed by atoms with Crippen molar-refractivity contribution < 1.29 is 0 Å². The van der Waals surface area contributed by atoms with Crippen molar-refractivity contribution in [2.75, 3.05) is 0 Å². The molecule has 1 saturated carbocycles. The minimum atomic E-state index is 0.0734. The lowest BCUT2D eigenvalue weighted by atomic mass is 9.90. The minimum Gasteiger partial charge on any atom is -0.326 e. The first-order chi connectivity index (χ1) is 8.77. The number of nitrogens with one attached hydrogen (secondary N) is 1. The van der Waals surface area contributed by atoms with Crippen LogP contribution in [0.4, 0.5) is 0 Å². The lowest BCUT2D eigenvalue weighted by molar-refractivity contribution is 0.295. The summed E-state index contributed by atoms with van der Waals surface area (Å²) in [4.78, 5) is 15.3. The van der Waals surface area contributed by atoms with Crippen molar-refractivity contribution in [2.24, 2.45) is 5.73 Å². The Morgan fingerprint density at radius 1 is 1.06 bits per heavy atom. The first-order valence-corrected chi connectivity index (χ1v) is 7.35. The van der Waals surface area contributed by atoms with E-state index in [0.717, 1.165) is 25.7 Å². The summed E-state index contributed by atoms with van der Waals surface area (Å²) in [6.07, 6.45) is 10.3. The molecule has 2 aliphatic rings. The maximum Gasteiger partial charge on any atom is 0.326 e. The highest BCUT2D eigenvalue weighted by atomic mass is 16.1. The van der Waals surface area contributed by atoms with Gasteiger partial charge in [-0.2, -0.15) is 0 Å². The molecule has 2 unspecified atom stereocenters. The Labute approximate surface area is 108 Å². The van der Waals surface area contributed by atoms with Crippen LogP contribution in [0.3, 0.4) is 0 Å². The van der Waals surface area contributed by atoms with Crippen molar-refractivity contribution in [3.8, 4) is 0 Å². The fourth-order valence-electron chi connectivity index (χ4n) is 3.59. The maximum atomic E-state index is 12.2. The van der Waals surface area contributed by atoms with Gasteiger partial charge in [0.25, 0.3) is 0 Å². The number of hydrogen-bond acceptors (Lipinski definition) is 2. The van der Waals surface area contributed by atoms with E-state index in [9.17, 15) is 4.79 Å². The molecule has 0 aromatic carbocycles. The van der Waals surface area contributed by atoms with Crippen molar-refractivity contribution in [3.63, 3.8) is 0 Å². The molecule has 3 N–H and O–H groups in total. The molecule has 2 atom stereocenters. The van der Waals surface area contributed by atoms with E-state index < -0.39 is 0 Å². The lowest BCUT2D eigenvalue weighted by Crippen LogP contribution is -2.39. The van der Waals surface area contributed by atoms with Crippen LogP contribution in [-0.2, 0) is 12.8 Å². The van der Waals surface area contributed by atoms with Gasteiger partial charge in [0.15, 0.2) is 0 Å². The zero-order valence-corrected chi connectivity index (χ0v) is 11.0. The molecule has 0 radical (unpaired) electrons. The monoisotopic (exact) mass is 249 g/mol. The summed E-state index contributed by atoms with van der Waals surface area (Å²) < 4.78 is 2.00. The Morgan fingerprint density at radius 3 is 2.67 bits per heavy atom. The van der Waals surface area contributed by atoms with Gasteiger partial charge in [-0.3, -0.25) is 4.57 Å². The molecule has 0 saturated heterocycles. The number of aromatic amines is 1. The molecule has 1 heterocycles. The minimum absolute atomic E-state index is 0.0734. The van der Waals surface area contributed by atoms with Gasteiger partial charge >= 0.3 is 5.69 Å². The highest BCUT2D eigenvalue weighted by molar-refractivity contribution is 5.17. The van der Waals surface area contributed by atoms with Gasteiger partial charge in [0.1, 0.15) is 0 Å². The van der Waals surface area contributed by atoms with E-state index in [1.54, 1.807) is 0 Å². The zero-order chi connectivity index (χ0) is 12.5. The number of aryl methyl sites for hydroxylation is 1. The SMILES string of the molecule is NC1CCCCC1n1c2c([nH]c1=O)CCCCC2. The molecule has 100 valence electrons. The van der Waals surface area contributed by atoms with Crippen molar-refractivity contribution in [1.29, 1.82) is 0 Å². The average molecular weight is 249 g/mol. The molecule has 3 rings (SSSR count). The fraction of sp³-hybridized carbons (Fsp3) is 0.786. The summed E-state index contributed by atoms with van der Waals surface area (Å²) in [5.74, 6) is 0. The molecule has 4 heteroatoms.